The SMILES string of the molecule is C1=NN=c2ccccc2=CC1.CC1(S)C=NC=c2ccccc2=N1. The van der Waals surface area contributed by atoms with E-state index in [0.717, 1.165) is 22.4 Å². The number of rotatable bonds is 0. The molecule has 120 valence electrons. The molecular weight excluding hydrogens is 316 g/mol. The number of thiol groups is 1. The van der Waals surface area contributed by atoms with Crippen LogP contribution in [0.5, 0.6) is 0 Å². The third kappa shape index (κ3) is 4.26. The van der Waals surface area contributed by atoms with Crippen LogP contribution < -0.4 is 21.2 Å². The Bertz CT molecular complexity index is 1020. The van der Waals surface area contributed by atoms with Crippen LogP contribution in [-0.4, -0.2) is 17.3 Å². The molecule has 2 aliphatic rings. The molecule has 1 atom stereocenters. The number of hydrogen-bond acceptors (Lipinski definition) is 5. The predicted molar refractivity (Wildman–Crippen MR) is 102 cm³/mol. The molecule has 4 nitrogen and oxygen atoms in total. The minimum atomic E-state index is -0.497. The van der Waals surface area contributed by atoms with Gasteiger partial charge in [-0.1, -0.05) is 42.5 Å². The summed E-state index contributed by atoms with van der Waals surface area (Å²) >= 11 is 4.38. The van der Waals surface area contributed by atoms with Crippen LogP contribution in [0.3, 0.4) is 0 Å². The lowest BCUT2D eigenvalue weighted by Crippen LogP contribution is -2.27. The molecule has 1 unspecified atom stereocenters. The third-order valence-corrected chi connectivity index (χ3v) is 3.66. The Balaban J connectivity index is 0.000000143. The van der Waals surface area contributed by atoms with Crippen LogP contribution in [0, 0.1) is 0 Å². The highest BCUT2D eigenvalue weighted by Gasteiger charge is 2.13. The number of nitrogens with zero attached hydrogens (tertiary/aromatic N) is 4. The van der Waals surface area contributed by atoms with Crippen molar-refractivity contribution in [2.45, 2.75) is 18.2 Å². The fraction of sp³-hybridized carbons (Fsp3) is 0.158. The van der Waals surface area contributed by atoms with Gasteiger partial charge in [-0.3, -0.25) is 9.98 Å². The summed E-state index contributed by atoms with van der Waals surface area (Å²) in [6.45, 7) is 1.91. The van der Waals surface area contributed by atoms with Crippen LogP contribution in [0.4, 0.5) is 0 Å². The van der Waals surface area contributed by atoms with E-state index in [0.29, 0.717) is 0 Å². The molecule has 0 bridgehead atoms. The quantitative estimate of drug-likeness (QED) is 0.705. The average molecular weight is 334 g/mol. The molecule has 5 heteroatoms. The highest BCUT2D eigenvalue weighted by Crippen LogP contribution is 2.11. The van der Waals surface area contributed by atoms with Crippen LogP contribution in [-0.2, 0) is 0 Å². The number of para-hydroxylation sites is 1. The van der Waals surface area contributed by atoms with Crippen molar-refractivity contribution in [3.8, 4) is 0 Å². The van der Waals surface area contributed by atoms with E-state index < -0.39 is 4.87 Å². The Morgan fingerprint density at radius 3 is 2.50 bits per heavy atom. The Morgan fingerprint density at radius 2 is 1.67 bits per heavy atom. The Kier molecular flexibility index (Phi) is 5.01. The molecule has 2 aromatic rings. The number of fused-ring (bicyclic) bond motifs is 2. The van der Waals surface area contributed by atoms with E-state index in [1.807, 2.05) is 55.5 Å². The van der Waals surface area contributed by atoms with Gasteiger partial charge in [-0.2, -0.15) is 10.2 Å². The maximum Gasteiger partial charge on any atom is 0.136 e. The van der Waals surface area contributed by atoms with Crippen molar-refractivity contribution in [2.24, 2.45) is 20.2 Å². The van der Waals surface area contributed by atoms with Crippen LogP contribution in [0.25, 0.3) is 12.3 Å². The van der Waals surface area contributed by atoms with Crippen molar-refractivity contribution in [2.75, 3.05) is 0 Å². The molecule has 0 spiro atoms. The summed E-state index contributed by atoms with van der Waals surface area (Å²) in [7, 11) is 0. The first-order valence-electron chi connectivity index (χ1n) is 7.71. The van der Waals surface area contributed by atoms with Crippen molar-refractivity contribution >= 4 is 37.3 Å². The fourth-order valence-corrected chi connectivity index (χ4v) is 2.49. The molecule has 24 heavy (non-hydrogen) atoms. The zero-order valence-electron chi connectivity index (χ0n) is 13.4. The minimum Gasteiger partial charge on any atom is -0.265 e. The van der Waals surface area contributed by atoms with E-state index >= 15 is 0 Å². The summed E-state index contributed by atoms with van der Waals surface area (Å²) in [6, 6.07) is 15.9. The van der Waals surface area contributed by atoms with Crippen LogP contribution in [0.1, 0.15) is 13.3 Å². The molecule has 0 aromatic heterocycles. The van der Waals surface area contributed by atoms with Gasteiger partial charge in [0.2, 0.25) is 0 Å². The zero-order chi connectivity index (χ0) is 16.8. The lowest BCUT2D eigenvalue weighted by atomic mass is 10.2. The lowest BCUT2D eigenvalue weighted by Gasteiger charge is -2.09. The van der Waals surface area contributed by atoms with Crippen LogP contribution in [0.15, 0.2) is 68.7 Å². The predicted octanol–water partition coefficient (Wildman–Crippen LogP) is 1.25. The molecule has 0 aliphatic carbocycles. The van der Waals surface area contributed by atoms with E-state index in [1.165, 1.54) is 5.22 Å². The molecule has 2 aliphatic heterocycles. The second-order valence-corrected chi connectivity index (χ2v) is 6.47. The van der Waals surface area contributed by atoms with Crippen LogP contribution >= 0.6 is 12.6 Å². The Labute approximate surface area is 145 Å². The topological polar surface area (TPSA) is 49.4 Å². The Hall–Kier alpha value is -2.53. The minimum absolute atomic E-state index is 0.497. The number of aliphatic imine (C=N–C) groups is 1. The smallest absolute Gasteiger partial charge is 0.136 e. The van der Waals surface area contributed by atoms with Crippen molar-refractivity contribution in [3.05, 3.63) is 69.7 Å². The normalized spacial score (nSPS) is 20.2. The summed E-state index contributed by atoms with van der Waals surface area (Å²) in [5.41, 5.74) is 0. The van der Waals surface area contributed by atoms with Crippen molar-refractivity contribution in [3.63, 3.8) is 0 Å². The molecule has 0 saturated carbocycles. The van der Waals surface area contributed by atoms with Crippen LogP contribution in [0.2, 0.25) is 0 Å². The van der Waals surface area contributed by atoms with Crippen molar-refractivity contribution in [1.82, 2.24) is 0 Å². The molecule has 0 saturated heterocycles. The zero-order valence-corrected chi connectivity index (χ0v) is 14.3. The molecule has 2 aromatic carbocycles. The monoisotopic (exact) mass is 334 g/mol. The van der Waals surface area contributed by atoms with Gasteiger partial charge < -0.3 is 0 Å². The molecular formula is C19H18N4S. The highest BCUT2D eigenvalue weighted by molar-refractivity contribution is 7.82. The Morgan fingerprint density at radius 1 is 0.958 bits per heavy atom. The first-order chi connectivity index (χ1) is 11.6. The largest absolute Gasteiger partial charge is 0.265 e. The van der Waals surface area contributed by atoms with Crippen molar-refractivity contribution in [1.29, 1.82) is 0 Å². The average Bonchev–Trinajstić information content (AvgIpc) is 2.90. The van der Waals surface area contributed by atoms with Gasteiger partial charge in [0.1, 0.15) is 4.87 Å². The third-order valence-electron chi connectivity index (χ3n) is 3.44. The van der Waals surface area contributed by atoms with Gasteiger partial charge >= 0.3 is 0 Å². The van der Waals surface area contributed by atoms with Gasteiger partial charge in [-0.15, -0.1) is 12.6 Å². The second-order valence-electron chi connectivity index (χ2n) is 5.57. The van der Waals surface area contributed by atoms with E-state index in [-0.39, 0.29) is 0 Å². The van der Waals surface area contributed by atoms with Gasteiger partial charge in [0.25, 0.3) is 0 Å². The highest BCUT2D eigenvalue weighted by atomic mass is 32.1. The summed E-state index contributed by atoms with van der Waals surface area (Å²) in [4.78, 5) is 8.10. The first-order valence-corrected chi connectivity index (χ1v) is 8.15. The van der Waals surface area contributed by atoms with Gasteiger partial charge in [0.15, 0.2) is 0 Å². The number of hydrogen-bond donors (Lipinski definition) is 1. The number of benzene rings is 2. The van der Waals surface area contributed by atoms with E-state index in [4.69, 9.17) is 0 Å². The van der Waals surface area contributed by atoms with E-state index in [1.54, 1.807) is 18.6 Å². The molecule has 2 heterocycles. The first kappa shape index (κ1) is 16.3. The molecule has 4 rings (SSSR count). The summed E-state index contributed by atoms with van der Waals surface area (Å²) in [6.07, 6.45) is 8.34. The second kappa shape index (κ2) is 7.36. The van der Waals surface area contributed by atoms with Gasteiger partial charge in [-0.25, -0.2) is 0 Å². The lowest BCUT2D eigenvalue weighted by molar-refractivity contribution is 0.886. The summed E-state index contributed by atoms with van der Waals surface area (Å²) in [5.74, 6) is 0. The van der Waals surface area contributed by atoms with Gasteiger partial charge in [0.05, 0.1) is 10.7 Å². The molecule has 0 radical (unpaired) electrons. The molecule has 0 N–H and O–H groups in total. The molecule has 0 amide bonds. The standard InChI is InChI=1S/C10H10N2S.C9H8N2/c1-10(13)7-11-6-8-4-2-3-5-9(8)12-10;1-2-6-9-8(4-1)5-3-7-10-11-9/h2-7,13H,1H3;1-2,4-7H,3H2. The van der Waals surface area contributed by atoms with Gasteiger partial charge in [-0.05, 0) is 24.3 Å². The van der Waals surface area contributed by atoms with E-state index in [2.05, 4.69) is 38.9 Å². The maximum absolute atomic E-state index is 4.46. The van der Waals surface area contributed by atoms with Gasteiger partial charge in [0, 0.05) is 30.3 Å². The van der Waals surface area contributed by atoms with E-state index in [9.17, 15) is 0 Å². The fourth-order valence-electron chi connectivity index (χ4n) is 2.31. The maximum atomic E-state index is 4.46. The molecule has 0 fully saturated rings. The summed E-state index contributed by atoms with van der Waals surface area (Å²) < 4.78 is 0. The summed E-state index contributed by atoms with van der Waals surface area (Å²) in [5, 5.41) is 12.0. The van der Waals surface area contributed by atoms with Crippen molar-refractivity contribution < 1.29 is 0 Å².